The third-order valence-electron chi connectivity index (χ3n) is 4.95. The maximum Gasteiger partial charge on any atom is 0.359 e. The normalized spacial score (nSPS) is 10.8. The summed E-state index contributed by atoms with van der Waals surface area (Å²) >= 11 is 0. The number of aromatic nitrogens is 2. The van der Waals surface area contributed by atoms with Gasteiger partial charge in [-0.15, -0.1) is 0 Å². The van der Waals surface area contributed by atoms with E-state index < -0.39 is 11.8 Å². The second-order valence-electron chi connectivity index (χ2n) is 7.12. The number of nitrogens with zero attached hydrogens (tertiary/aromatic N) is 2. The van der Waals surface area contributed by atoms with Gasteiger partial charge in [-0.1, -0.05) is 36.4 Å². The van der Waals surface area contributed by atoms with E-state index in [2.05, 4.69) is 5.10 Å². The first-order valence-corrected chi connectivity index (χ1v) is 10.1. The minimum absolute atomic E-state index is 0.00619. The van der Waals surface area contributed by atoms with Gasteiger partial charge in [-0.2, -0.15) is 9.78 Å². The van der Waals surface area contributed by atoms with Crippen LogP contribution in [-0.4, -0.2) is 28.1 Å². The van der Waals surface area contributed by atoms with Crippen LogP contribution in [0.1, 0.15) is 33.7 Å². The fraction of sp³-hybridized carbons (Fsp3) is 0.120. The Morgan fingerprint density at radius 2 is 1.53 bits per heavy atom. The van der Waals surface area contributed by atoms with Crippen LogP contribution in [0.15, 0.2) is 83.7 Å². The Labute approximate surface area is 182 Å². The average Bonchev–Trinajstić information content (AvgIpc) is 2.83. The monoisotopic (exact) mass is 430 g/mol. The number of hydrogen-bond acceptors (Lipinski definition) is 5. The third-order valence-corrected chi connectivity index (χ3v) is 4.95. The Morgan fingerprint density at radius 3 is 2.25 bits per heavy atom. The van der Waals surface area contributed by atoms with E-state index in [4.69, 9.17) is 4.74 Å². The average molecular weight is 430 g/mol. The molecule has 6 nitrogen and oxygen atoms in total. The molecule has 7 heteroatoms. The van der Waals surface area contributed by atoms with Crippen molar-refractivity contribution < 1.29 is 18.7 Å². The van der Waals surface area contributed by atoms with E-state index in [1.54, 1.807) is 48.5 Å². The summed E-state index contributed by atoms with van der Waals surface area (Å²) < 4.78 is 19.5. The van der Waals surface area contributed by atoms with Crippen LogP contribution in [0.25, 0.3) is 16.5 Å². The minimum Gasteiger partial charge on any atom is -0.461 e. The summed E-state index contributed by atoms with van der Waals surface area (Å²) in [5, 5.41) is 5.02. The molecule has 0 bridgehead atoms. The van der Waals surface area contributed by atoms with Crippen molar-refractivity contribution in [1.29, 1.82) is 0 Å². The van der Waals surface area contributed by atoms with Crippen molar-refractivity contribution in [3.05, 3.63) is 106 Å². The predicted molar refractivity (Wildman–Crippen MR) is 118 cm³/mol. The number of para-hydroxylation sites is 1. The summed E-state index contributed by atoms with van der Waals surface area (Å²) in [6.45, 7) is 0.00619. The van der Waals surface area contributed by atoms with Gasteiger partial charge in [-0.05, 0) is 48.9 Å². The molecule has 0 N–H and O–H groups in total. The topological polar surface area (TPSA) is 78.3 Å². The van der Waals surface area contributed by atoms with E-state index in [9.17, 15) is 18.8 Å². The second kappa shape index (κ2) is 9.34. The van der Waals surface area contributed by atoms with E-state index >= 15 is 0 Å². The number of benzene rings is 3. The number of ether oxygens (including phenoxy) is 1. The summed E-state index contributed by atoms with van der Waals surface area (Å²) in [6, 6.07) is 20.8. The Morgan fingerprint density at radius 1 is 0.875 bits per heavy atom. The van der Waals surface area contributed by atoms with Crippen molar-refractivity contribution in [2.24, 2.45) is 0 Å². The Balaban J connectivity index is 1.51. The van der Waals surface area contributed by atoms with Crippen LogP contribution in [0, 0.1) is 5.82 Å². The molecule has 0 fully saturated rings. The Bertz CT molecular complexity index is 1330. The first kappa shape index (κ1) is 21.1. The molecule has 0 spiro atoms. The number of halogens is 1. The van der Waals surface area contributed by atoms with Gasteiger partial charge in [0, 0.05) is 17.4 Å². The molecular formula is C25H19FN2O4. The maximum absolute atomic E-state index is 13.0. The maximum atomic E-state index is 13.0. The number of fused-ring (bicyclic) bond motifs is 1. The van der Waals surface area contributed by atoms with Crippen LogP contribution >= 0.6 is 0 Å². The summed E-state index contributed by atoms with van der Waals surface area (Å²) in [6.07, 6.45) is 0.453. The largest absolute Gasteiger partial charge is 0.461 e. The number of Topliss-reactive ketones (excluding diaryl/α,β-unsaturated/α-hetero) is 1. The van der Waals surface area contributed by atoms with E-state index in [0.29, 0.717) is 28.4 Å². The standard InChI is InChI=1S/C25H19FN2O4/c26-18-14-12-17(13-15-18)22(29)11-6-16-32-25(31)23-20-9-4-5-10-21(20)24(30)28(27-23)19-7-2-1-3-8-19/h1-5,7-10,12-15H,6,11,16H2. The zero-order valence-corrected chi connectivity index (χ0v) is 17.0. The fourth-order valence-corrected chi connectivity index (χ4v) is 3.33. The van der Waals surface area contributed by atoms with Crippen molar-refractivity contribution in [2.75, 3.05) is 6.61 Å². The molecular weight excluding hydrogens is 411 g/mol. The van der Waals surface area contributed by atoms with Gasteiger partial charge in [0.25, 0.3) is 5.56 Å². The Kier molecular flexibility index (Phi) is 6.17. The van der Waals surface area contributed by atoms with E-state index in [1.807, 2.05) is 6.07 Å². The summed E-state index contributed by atoms with van der Waals surface area (Å²) in [7, 11) is 0. The number of carbonyl (C=O) groups is 2. The third kappa shape index (κ3) is 4.46. The quantitative estimate of drug-likeness (QED) is 0.248. The van der Waals surface area contributed by atoms with Crippen LogP contribution in [-0.2, 0) is 4.74 Å². The van der Waals surface area contributed by atoms with Crippen molar-refractivity contribution in [1.82, 2.24) is 9.78 Å². The molecule has 1 heterocycles. The lowest BCUT2D eigenvalue weighted by Crippen LogP contribution is -2.25. The van der Waals surface area contributed by atoms with Crippen molar-refractivity contribution in [2.45, 2.75) is 12.8 Å². The molecule has 0 aliphatic rings. The number of ketones is 1. The van der Waals surface area contributed by atoms with Crippen LogP contribution in [0.5, 0.6) is 0 Å². The molecule has 4 rings (SSSR count). The molecule has 32 heavy (non-hydrogen) atoms. The van der Waals surface area contributed by atoms with Gasteiger partial charge in [-0.3, -0.25) is 9.59 Å². The number of rotatable bonds is 7. The fourth-order valence-electron chi connectivity index (χ4n) is 3.33. The first-order valence-electron chi connectivity index (χ1n) is 10.1. The smallest absolute Gasteiger partial charge is 0.359 e. The molecule has 0 atom stereocenters. The van der Waals surface area contributed by atoms with Gasteiger partial charge in [0.2, 0.25) is 0 Å². The summed E-state index contributed by atoms with van der Waals surface area (Å²) in [5.41, 5.74) is 0.615. The molecule has 160 valence electrons. The van der Waals surface area contributed by atoms with Crippen LogP contribution in [0.3, 0.4) is 0 Å². The molecule has 0 aliphatic carbocycles. The highest BCUT2D eigenvalue weighted by atomic mass is 19.1. The van der Waals surface area contributed by atoms with Gasteiger partial charge < -0.3 is 4.74 Å². The van der Waals surface area contributed by atoms with Crippen molar-refractivity contribution in [3.8, 4) is 5.69 Å². The molecule has 0 radical (unpaired) electrons. The first-order chi connectivity index (χ1) is 15.5. The molecule has 0 saturated heterocycles. The lowest BCUT2D eigenvalue weighted by Gasteiger charge is -2.11. The highest BCUT2D eigenvalue weighted by molar-refractivity contribution is 6.02. The van der Waals surface area contributed by atoms with E-state index in [0.717, 1.165) is 0 Å². The van der Waals surface area contributed by atoms with Gasteiger partial charge in [-0.25, -0.2) is 9.18 Å². The lowest BCUT2D eigenvalue weighted by molar-refractivity contribution is 0.0488. The van der Waals surface area contributed by atoms with Crippen molar-refractivity contribution in [3.63, 3.8) is 0 Å². The second-order valence-corrected chi connectivity index (χ2v) is 7.12. The summed E-state index contributed by atoms with van der Waals surface area (Å²) in [4.78, 5) is 37.8. The highest BCUT2D eigenvalue weighted by Gasteiger charge is 2.18. The predicted octanol–water partition coefficient (Wildman–Crippen LogP) is 4.34. The van der Waals surface area contributed by atoms with Gasteiger partial charge in [0.1, 0.15) is 5.82 Å². The molecule has 3 aromatic carbocycles. The minimum atomic E-state index is -0.680. The highest BCUT2D eigenvalue weighted by Crippen LogP contribution is 2.16. The van der Waals surface area contributed by atoms with E-state index in [-0.39, 0.29) is 30.1 Å². The summed E-state index contributed by atoms with van der Waals surface area (Å²) in [5.74, 6) is -1.26. The van der Waals surface area contributed by atoms with Crippen LogP contribution in [0.4, 0.5) is 4.39 Å². The Hall–Kier alpha value is -4.13. The van der Waals surface area contributed by atoms with Crippen molar-refractivity contribution >= 4 is 22.5 Å². The number of carbonyl (C=O) groups excluding carboxylic acids is 2. The van der Waals surface area contributed by atoms with Crippen LogP contribution in [0.2, 0.25) is 0 Å². The molecule has 0 aliphatic heterocycles. The number of esters is 1. The lowest BCUT2D eigenvalue weighted by atomic mass is 10.1. The molecule has 0 unspecified atom stereocenters. The molecule has 0 saturated carbocycles. The van der Waals surface area contributed by atoms with Crippen LogP contribution < -0.4 is 5.56 Å². The van der Waals surface area contributed by atoms with Gasteiger partial charge in [0.05, 0.1) is 17.7 Å². The molecule has 4 aromatic rings. The zero-order valence-electron chi connectivity index (χ0n) is 17.0. The SMILES string of the molecule is O=C(CCCOC(=O)c1nn(-c2ccccc2)c(=O)c2ccccc12)c1ccc(F)cc1. The van der Waals surface area contributed by atoms with Gasteiger partial charge in [0.15, 0.2) is 11.5 Å². The number of hydrogen-bond donors (Lipinski definition) is 0. The van der Waals surface area contributed by atoms with Gasteiger partial charge >= 0.3 is 5.97 Å². The molecule has 1 aromatic heterocycles. The van der Waals surface area contributed by atoms with E-state index in [1.165, 1.54) is 28.9 Å². The molecule has 0 amide bonds. The zero-order chi connectivity index (χ0) is 22.5.